The van der Waals surface area contributed by atoms with Gasteiger partial charge in [0.15, 0.2) is 0 Å². The number of rotatable bonds is 6. The molecular formula is C9H13ClN2O2. The standard InChI is InChI=1S/C9H13ClN2O2/c10-8-5-9(7-12-6-8)14-4-3-13-2-1-11/h5-7H,1-4,11H2. The van der Waals surface area contributed by atoms with Crippen molar-refractivity contribution in [2.24, 2.45) is 5.73 Å². The molecule has 0 saturated heterocycles. The Morgan fingerprint density at radius 1 is 1.29 bits per heavy atom. The lowest BCUT2D eigenvalue weighted by molar-refractivity contribution is 0.106. The molecule has 0 amide bonds. The third-order valence-corrected chi connectivity index (χ3v) is 1.65. The van der Waals surface area contributed by atoms with Crippen LogP contribution in [-0.4, -0.2) is 31.3 Å². The van der Waals surface area contributed by atoms with Gasteiger partial charge in [-0.2, -0.15) is 0 Å². The minimum absolute atomic E-state index is 0.474. The molecule has 1 aromatic rings. The van der Waals surface area contributed by atoms with Gasteiger partial charge in [-0.3, -0.25) is 4.98 Å². The highest BCUT2D eigenvalue weighted by atomic mass is 35.5. The lowest BCUT2D eigenvalue weighted by Crippen LogP contribution is -2.13. The number of nitrogens with two attached hydrogens (primary N) is 1. The Morgan fingerprint density at radius 3 is 2.86 bits per heavy atom. The maximum absolute atomic E-state index is 5.72. The summed E-state index contributed by atoms with van der Waals surface area (Å²) in [6.07, 6.45) is 3.16. The zero-order valence-corrected chi connectivity index (χ0v) is 8.54. The molecule has 0 radical (unpaired) electrons. The molecule has 5 heteroatoms. The molecule has 1 aromatic heterocycles. The van der Waals surface area contributed by atoms with Crippen LogP contribution in [0.2, 0.25) is 5.02 Å². The predicted molar refractivity (Wildman–Crippen MR) is 54.6 cm³/mol. The van der Waals surface area contributed by atoms with Crippen molar-refractivity contribution in [3.05, 3.63) is 23.5 Å². The summed E-state index contributed by atoms with van der Waals surface area (Å²) in [6, 6.07) is 1.71. The fourth-order valence-electron chi connectivity index (χ4n) is 0.875. The van der Waals surface area contributed by atoms with E-state index in [1.54, 1.807) is 18.5 Å². The van der Waals surface area contributed by atoms with Gasteiger partial charge < -0.3 is 15.2 Å². The molecule has 0 aliphatic carbocycles. The summed E-state index contributed by atoms with van der Waals surface area (Å²) < 4.78 is 10.5. The van der Waals surface area contributed by atoms with Crippen molar-refractivity contribution >= 4 is 11.6 Å². The first-order valence-corrected chi connectivity index (χ1v) is 4.72. The molecule has 2 N–H and O–H groups in total. The first kappa shape index (κ1) is 11.2. The van der Waals surface area contributed by atoms with Gasteiger partial charge in [-0.05, 0) is 0 Å². The van der Waals surface area contributed by atoms with Crippen LogP contribution >= 0.6 is 11.6 Å². The van der Waals surface area contributed by atoms with E-state index >= 15 is 0 Å². The number of halogens is 1. The number of nitrogens with zero attached hydrogens (tertiary/aromatic N) is 1. The fourth-order valence-corrected chi connectivity index (χ4v) is 1.04. The van der Waals surface area contributed by atoms with E-state index in [4.69, 9.17) is 26.8 Å². The fraction of sp³-hybridized carbons (Fsp3) is 0.444. The van der Waals surface area contributed by atoms with Gasteiger partial charge in [0.25, 0.3) is 0 Å². The van der Waals surface area contributed by atoms with Crippen molar-refractivity contribution in [2.45, 2.75) is 0 Å². The molecule has 0 unspecified atom stereocenters. The topological polar surface area (TPSA) is 57.4 Å². The molecule has 0 aliphatic heterocycles. The molecule has 0 fully saturated rings. The second-order valence-electron chi connectivity index (χ2n) is 2.59. The van der Waals surface area contributed by atoms with Crippen molar-refractivity contribution in [3.8, 4) is 5.75 Å². The molecular weight excluding hydrogens is 204 g/mol. The summed E-state index contributed by atoms with van der Waals surface area (Å²) in [4.78, 5) is 3.88. The van der Waals surface area contributed by atoms with Crippen LogP contribution in [0, 0.1) is 0 Å². The quantitative estimate of drug-likeness (QED) is 0.724. The minimum Gasteiger partial charge on any atom is -0.490 e. The lowest BCUT2D eigenvalue weighted by Gasteiger charge is -2.05. The Kier molecular flexibility index (Phi) is 5.29. The van der Waals surface area contributed by atoms with Crippen LogP contribution in [-0.2, 0) is 4.74 Å². The van der Waals surface area contributed by atoms with E-state index in [0.29, 0.717) is 37.1 Å². The van der Waals surface area contributed by atoms with Gasteiger partial charge in [0.2, 0.25) is 0 Å². The van der Waals surface area contributed by atoms with E-state index < -0.39 is 0 Å². The monoisotopic (exact) mass is 216 g/mol. The number of hydrogen-bond donors (Lipinski definition) is 1. The molecule has 0 spiro atoms. The zero-order chi connectivity index (χ0) is 10.2. The van der Waals surface area contributed by atoms with Crippen LogP contribution in [0.25, 0.3) is 0 Å². The molecule has 0 aromatic carbocycles. The van der Waals surface area contributed by atoms with E-state index in [1.165, 1.54) is 0 Å². The Labute approximate surface area is 88.0 Å². The van der Waals surface area contributed by atoms with Crippen molar-refractivity contribution in [1.82, 2.24) is 4.98 Å². The summed E-state index contributed by atoms with van der Waals surface area (Å²) in [7, 11) is 0. The SMILES string of the molecule is NCCOCCOc1cncc(Cl)c1. The smallest absolute Gasteiger partial charge is 0.139 e. The van der Waals surface area contributed by atoms with Crippen molar-refractivity contribution in [2.75, 3.05) is 26.4 Å². The molecule has 0 atom stereocenters. The van der Waals surface area contributed by atoms with Crippen LogP contribution < -0.4 is 10.5 Å². The van der Waals surface area contributed by atoms with Gasteiger partial charge >= 0.3 is 0 Å². The van der Waals surface area contributed by atoms with Crippen molar-refractivity contribution in [3.63, 3.8) is 0 Å². The Bertz CT molecular complexity index is 271. The summed E-state index contributed by atoms with van der Waals surface area (Å²) in [5, 5.41) is 0.561. The Morgan fingerprint density at radius 2 is 2.14 bits per heavy atom. The number of aromatic nitrogens is 1. The summed E-state index contributed by atoms with van der Waals surface area (Å²) in [6.45, 7) is 2.07. The number of pyridine rings is 1. The highest BCUT2D eigenvalue weighted by Gasteiger charge is 1.95. The number of hydrogen-bond acceptors (Lipinski definition) is 4. The van der Waals surface area contributed by atoms with E-state index in [2.05, 4.69) is 4.98 Å². The summed E-state index contributed by atoms with van der Waals surface area (Å²) in [5.74, 6) is 0.647. The summed E-state index contributed by atoms with van der Waals surface area (Å²) >= 11 is 5.72. The average molecular weight is 217 g/mol. The van der Waals surface area contributed by atoms with Crippen molar-refractivity contribution in [1.29, 1.82) is 0 Å². The number of ether oxygens (including phenoxy) is 2. The van der Waals surface area contributed by atoms with Crippen LogP contribution in [0.15, 0.2) is 18.5 Å². The maximum atomic E-state index is 5.72. The highest BCUT2D eigenvalue weighted by Crippen LogP contribution is 2.14. The molecule has 78 valence electrons. The highest BCUT2D eigenvalue weighted by molar-refractivity contribution is 6.30. The molecule has 0 aliphatic rings. The lowest BCUT2D eigenvalue weighted by atomic mass is 10.5. The molecule has 0 saturated carbocycles. The molecule has 1 rings (SSSR count). The molecule has 1 heterocycles. The van der Waals surface area contributed by atoms with E-state index in [1.807, 2.05) is 0 Å². The first-order chi connectivity index (χ1) is 6.83. The third-order valence-electron chi connectivity index (χ3n) is 1.44. The third kappa shape index (κ3) is 4.41. The van der Waals surface area contributed by atoms with Gasteiger partial charge in [-0.15, -0.1) is 0 Å². The Balaban J connectivity index is 2.18. The van der Waals surface area contributed by atoms with E-state index in [9.17, 15) is 0 Å². The second-order valence-corrected chi connectivity index (χ2v) is 3.02. The van der Waals surface area contributed by atoms with Gasteiger partial charge in [0.1, 0.15) is 12.4 Å². The Hall–Kier alpha value is -0.840. The summed E-state index contributed by atoms with van der Waals surface area (Å²) in [5.41, 5.74) is 5.25. The second kappa shape index (κ2) is 6.59. The average Bonchev–Trinajstić information content (AvgIpc) is 2.18. The molecule has 0 bridgehead atoms. The first-order valence-electron chi connectivity index (χ1n) is 4.34. The van der Waals surface area contributed by atoms with Crippen LogP contribution in [0.1, 0.15) is 0 Å². The van der Waals surface area contributed by atoms with Gasteiger partial charge in [0.05, 0.1) is 24.4 Å². The van der Waals surface area contributed by atoms with E-state index in [-0.39, 0.29) is 0 Å². The van der Waals surface area contributed by atoms with Crippen LogP contribution in [0.5, 0.6) is 5.75 Å². The zero-order valence-electron chi connectivity index (χ0n) is 7.78. The van der Waals surface area contributed by atoms with Crippen LogP contribution in [0.4, 0.5) is 0 Å². The van der Waals surface area contributed by atoms with E-state index in [0.717, 1.165) is 0 Å². The van der Waals surface area contributed by atoms with Crippen LogP contribution in [0.3, 0.4) is 0 Å². The van der Waals surface area contributed by atoms with Crippen molar-refractivity contribution < 1.29 is 9.47 Å². The minimum atomic E-state index is 0.474. The van der Waals surface area contributed by atoms with Gasteiger partial charge in [-0.25, -0.2) is 0 Å². The molecule has 14 heavy (non-hydrogen) atoms. The maximum Gasteiger partial charge on any atom is 0.139 e. The van der Waals surface area contributed by atoms with Gasteiger partial charge in [0, 0.05) is 18.8 Å². The van der Waals surface area contributed by atoms with Gasteiger partial charge in [-0.1, -0.05) is 11.6 Å². The largest absolute Gasteiger partial charge is 0.490 e. The predicted octanol–water partition coefficient (Wildman–Crippen LogP) is 1.09. The molecule has 4 nitrogen and oxygen atoms in total. The normalized spacial score (nSPS) is 10.1.